The number of rotatable bonds is 5. The molecule has 0 aromatic carbocycles. The van der Waals surface area contributed by atoms with Gasteiger partial charge in [0, 0.05) is 13.2 Å². The van der Waals surface area contributed by atoms with E-state index in [4.69, 9.17) is 9.52 Å². The Hall–Kier alpha value is -0.320. The van der Waals surface area contributed by atoms with Crippen LogP contribution < -0.4 is 0 Å². The largest absolute Gasteiger partial charge is 0.453 e. The lowest BCUT2D eigenvalue weighted by atomic mass is 10.3. The zero-order valence-electron chi connectivity index (χ0n) is 7.66. The summed E-state index contributed by atoms with van der Waals surface area (Å²) in [6.45, 7) is 1.91. The van der Waals surface area contributed by atoms with Crippen LogP contribution in [0.1, 0.15) is 12.2 Å². The standard InChI is InChI=1S/C9H14BrNO2/c1-11(5-2-6-12)7-8-3-4-9(10)13-8/h3-4,12H,2,5-7H2,1H3. The number of aliphatic hydroxyl groups excluding tert-OH is 1. The zero-order valence-corrected chi connectivity index (χ0v) is 9.25. The minimum atomic E-state index is 0.242. The fourth-order valence-electron chi connectivity index (χ4n) is 1.12. The molecule has 3 nitrogen and oxygen atoms in total. The average Bonchev–Trinajstić information content (AvgIpc) is 2.48. The second-order valence-corrected chi connectivity index (χ2v) is 3.80. The van der Waals surface area contributed by atoms with Crippen molar-refractivity contribution < 1.29 is 9.52 Å². The molecule has 1 aromatic heterocycles. The number of hydrogen-bond donors (Lipinski definition) is 1. The van der Waals surface area contributed by atoms with Crippen molar-refractivity contribution in [1.82, 2.24) is 4.90 Å². The third kappa shape index (κ3) is 3.93. The van der Waals surface area contributed by atoms with Gasteiger partial charge in [-0.05, 0) is 41.5 Å². The predicted octanol–water partition coefficient (Wildman–Crippen LogP) is 1.86. The summed E-state index contributed by atoms with van der Waals surface area (Å²) in [5, 5.41) is 8.63. The van der Waals surface area contributed by atoms with Gasteiger partial charge >= 0.3 is 0 Å². The van der Waals surface area contributed by atoms with Crippen LogP contribution in [0, 0.1) is 0 Å². The van der Waals surface area contributed by atoms with E-state index in [-0.39, 0.29) is 6.61 Å². The number of hydrogen-bond acceptors (Lipinski definition) is 3. The summed E-state index contributed by atoms with van der Waals surface area (Å²) in [7, 11) is 2.01. The van der Waals surface area contributed by atoms with Crippen LogP contribution in [0.3, 0.4) is 0 Å². The third-order valence-electron chi connectivity index (χ3n) is 1.75. The van der Waals surface area contributed by atoms with E-state index >= 15 is 0 Å². The number of halogens is 1. The van der Waals surface area contributed by atoms with Gasteiger partial charge in [-0.3, -0.25) is 4.90 Å². The van der Waals surface area contributed by atoms with Gasteiger partial charge in [-0.2, -0.15) is 0 Å². The van der Waals surface area contributed by atoms with Gasteiger partial charge in [-0.1, -0.05) is 0 Å². The third-order valence-corrected chi connectivity index (χ3v) is 2.18. The summed E-state index contributed by atoms with van der Waals surface area (Å²) in [6.07, 6.45) is 0.804. The van der Waals surface area contributed by atoms with Crippen LogP contribution in [0.2, 0.25) is 0 Å². The first-order valence-electron chi connectivity index (χ1n) is 4.26. The zero-order chi connectivity index (χ0) is 9.68. The molecule has 0 saturated carbocycles. The molecule has 0 aliphatic heterocycles. The molecule has 0 radical (unpaired) electrons. The van der Waals surface area contributed by atoms with Crippen molar-refractivity contribution in [1.29, 1.82) is 0 Å². The van der Waals surface area contributed by atoms with E-state index in [1.165, 1.54) is 0 Å². The molecule has 0 unspecified atom stereocenters. The maximum Gasteiger partial charge on any atom is 0.169 e. The molecule has 0 saturated heterocycles. The molecular weight excluding hydrogens is 234 g/mol. The number of furan rings is 1. The summed E-state index contributed by atoms with van der Waals surface area (Å²) in [6, 6.07) is 3.83. The number of aliphatic hydroxyl groups is 1. The van der Waals surface area contributed by atoms with Gasteiger partial charge < -0.3 is 9.52 Å². The van der Waals surface area contributed by atoms with E-state index < -0.39 is 0 Å². The Kier molecular flexibility index (Phi) is 4.48. The highest BCUT2D eigenvalue weighted by molar-refractivity contribution is 9.10. The quantitative estimate of drug-likeness (QED) is 0.864. The molecule has 74 valence electrons. The van der Waals surface area contributed by atoms with Gasteiger partial charge in [0.25, 0.3) is 0 Å². The van der Waals surface area contributed by atoms with Gasteiger partial charge in [0.2, 0.25) is 0 Å². The molecule has 1 aromatic rings. The lowest BCUT2D eigenvalue weighted by Crippen LogP contribution is -2.19. The van der Waals surface area contributed by atoms with E-state index in [0.29, 0.717) is 0 Å². The van der Waals surface area contributed by atoms with Crippen molar-refractivity contribution >= 4 is 15.9 Å². The molecule has 0 atom stereocenters. The topological polar surface area (TPSA) is 36.6 Å². The molecule has 0 fully saturated rings. The SMILES string of the molecule is CN(CCCO)Cc1ccc(Br)o1. The van der Waals surface area contributed by atoms with Crippen molar-refractivity contribution in [3.8, 4) is 0 Å². The molecule has 0 spiro atoms. The molecule has 1 N–H and O–H groups in total. The van der Waals surface area contributed by atoms with E-state index in [0.717, 1.165) is 29.9 Å². The van der Waals surface area contributed by atoms with Gasteiger partial charge in [0.1, 0.15) is 5.76 Å². The maximum atomic E-state index is 8.63. The second-order valence-electron chi connectivity index (χ2n) is 3.02. The van der Waals surface area contributed by atoms with Crippen LogP contribution in [0.5, 0.6) is 0 Å². The molecule has 13 heavy (non-hydrogen) atoms. The van der Waals surface area contributed by atoms with E-state index in [1.807, 2.05) is 19.2 Å². The van der Waals surface area contributed by atoms with Crippen molar-refractivity contribution in [2.45, 2.75) is 13.0 Å². The van der Waals surface area contributed by atoms with Crippen molar-refractivity contribution in [2.75, 3.05) is 20.2 Å². The highest BCUT2D eigenvalue weighted by Gasteiger charge is 2.03. The smallest absolute Gasteiger partial charge is 0.169 e. The summed E-state index contributed by atoms with van der Waals surface area (Å²) < 4.78 is 6.11. The summed E-state index contributed by atoms with van der Waals surface area (Å²) >= 11 is 3.25. The lowest BCUT2D eigenvalue weighted by Gasteiger charge is -2.13. The predicted molar refractivity (Wildman–Crippen MR) is 54.4 cm³/mol. The first-order valence-corrected chi connectivity index (χ1v) is 5.05. The Morgan fingerprint density at radius 1 is 1.54 bits per heavy atom. The van der Waals surface area contributed by atoms with Gasteiger partial charge in [0.15, 0.2) is 4.67 Å². The molecule has 0 amide bonds. The lowest BCUT2D eigenvalue weighted by molar-refractivity contribution is 0.234. The maximum absolute atomic E-state index is 8.63. The molecule has 0 aliphatic rings. The molecule has 1 heterocycles. The van der Waals surface area contributed by atoms with Crippen LogP contribution in [-0.2, 0) is 6.54 Å². The molecule has 0 aliphatic carbocycles. The van der Waals surface area contributed by atoms with E-state index in [9.17, 15) is 0 Å². The summed E-state index contributed by atoms with van der Waals surface area (Å²) in [4.78, 5) is 2.11. The van der Waals surface area contributed by atoms with Crippen LogP contribution in [0.15, 0.2) is 21.2 Å². The molecular formula is C9H14BrNO2. The van der Waals surface area contributed by atoms with Gasteiger partial charge in [0.05, 0.1) is 6.54 Å². The Bertz CT molecular complexity index is 250. The summed E-state index contributed by atoms with van der Waals surface area (Å²) in [5.74, 6) is 0.937. The summed E-state index contributed by atoms with van der Waals surface area (Å²) in [5.41, 5.74) is 0. The fourth-order valence-corrected chi connectivity index (χ4v) is 1.46. The minimum Gasteiger partial charge on any atom is -0.453 e. The van der Waals surface area contributed by atoms with Gasteiger partial charge in [-0.25, -0.2) is 0 Å². The van der Waals surface area contributed by atoms with Crippen molar-refractivity contribution in [3.05, 3.63) is 22.6 Å². The molecule has 4 heteroatoms. The first-order chi connectivity index (χ1) is 6.22. The minimum absolute atomic E-state index is 0.242. The van der Waals surface area contributed by atoms with Crippen LogP contribution in [-0.4, -0.2) is 30.2 Å². The van der Waals surface area contributed by atoms with Crippen LogP contribution in [0.4, 0.5) is 0 Å². The fraction of sp³-hybridized carbons (Fsp3) is 0.556. The van der Waals surface area contributed by atoms with E-state index in [1.54, 1.807) is 0 Å². The molecule has 0 bridgehead atoms. The molecule has 1 rings (SSSR count). The second kappa shape index (κ2) is 5.42. The Labute approximate surface area is 86.5 Å². The highest BCUT2D eigenvalue weighted by atomic mass is 79.9. The van der Waals surface area contributed by atoms with Crippen LogP contribution >= 0.6 is 15.9 Å². The normalized spacial score (nSPS) is 11.1. The number of nitrogens with zero attached hydrogens (tertiary/aromatic N) is 1. The first kappa shape index (κ1) is 10.8. The highest BCUT2D eigenvalue weighted by Crippen LogP contribution is 2.15. The van der Waals surface area contributed by atoms with Crippen molar-refractivity contribution in [2.24, 2.45) is 0 Å². The van der Waals surface area contributed by atoms with E-state index in [2.05, 4.69) is 20.8 Å². The average molecular weight is 248 g/mol. The van der Waals surface area contributed by atoms with Crippen molar-refractivity contribution in [3.63, 3.8) is 0 Å². The Morgan fingerprint density at radius 3 is 2.85 bits per heavy atom. The van der Waals surface area contributed by atoms with Gasteiger partial charge in [-0.15, -0.1) is 0 Å². The Morgan fingerprint density at radius 2 is 2.31 bits per heavy atom. The monoisotopic (exact) mass is 247 g/mol. The van der Waals surface area contributed by atoms with Crippen LogP contribution in [0.25, 0.3) is 0 Å². The Balaban J connectivity index is 2.31.